The molecule has 1 aliphatic rings. The number of esters is 1. The fraction of sp³-hybridized carbons (Fsp3) is 0.421. The third-order valence-electron chi connectivity index (χ3n) is 3.87. The maximum atomic E-state index is 11.9. The van der Waals surface area contributed by atoms with Crippen LogP contribution in [-0.4, -0.2) is 59.9 Å². The predicted molar refractivity (Wildman–Crippen MR) is 106 cm³/mol. The number of carboxylic acids is 1. The van der Waals surface area contributed by atoms with Gasteiger partial charge in [0.2, 0.25) is 5.91 Å². The third kappa shape index (κ3) is 9.45. The van der Waals surface area contributed by atoms with Gasteiger partial charge in [-0.05, 0) is 12.5 Å². The van der Waals surface area contributed by atoms with E-state index in [2.05, 4.69) is 10.5 Å². The minimum absolute atomic E-state index is 0.00790. The predicted octanol–water partition coefficient (Wildman–Crippen LogP) is 1.56. The molecule has 0 saturated carbocycles. The number of nitrogens with two attached hydrogens (primary N) is 1. The second-order valence-corrected chi connectivity index (χ2v) is 6.37. The van der Waals surface area contributed by atoms with E-state index in [0.29, 0.717) is 18.6 Å². The van der Waals surface area contributed by atoms with Gasteiger partial charge in [0.1, 0.15) is 11.9 Å². The van der Waals surface area contributed by atoms with Crippen LogP contribution in [0, 0.1) is 5.41 Å². The van der Waals surface area contributed by atoms with Crippen molar-refractivity contribution in [2.75, 3.05) is 13.2 Å². The maximum Gasteiger partial charge on any atom is 0.490 e. The number of hydrogen-bond acceptors (Lipinski definition) is 7. The molecule has 1 atom stereocenters. The number of halogens is 3. The van der Waals surface area contributed by atoms with Gasteiger partial charge < -0.3 is 25.7 Å². The van der Waals surface area contributed by atoms with Crippen molar-refractivity contribution in [1.29, 1.82) is 5.41 Å². The lowest BCUT2D eigenvalue weighted by atomic mass is 10.0. The molecule has 0 radical (unpaired) electrons. The lowest BCUT2D eigenvalue weighted by Crippen LogP contribution is -2.29. The number of alkyl halides is 3. The van der Waals surface area contributed by atoms with Crippen LogP contribution in [0.4, 0.5) is 13.2 Å². The molecule has 1 amide bonds. The Labute approximate surface area is 181 Å². The van der Waals surface area contributed by atoms with Crippen molar-refractivity contribution in [3.63, 3.8) is 0 Å². The van der Waals surface area contributed by atoms with Gasteiger partial charge in [0.25, 0.3) is 0 Å². The zero-order chi connectivity index (χ0) is 24.3. The highest BCUT2D eigenvalue weighted by atomic mass is 19.4. The number of amidine groups is 1. The van der Waals surface area contributed by atoms with Gasteiger partial charge in [0.05, 0.1) is 25.2 Å². The van der Waals surface area contributed by atoms with E-state index < -0.39 is 12.1 Å². The Morgan fingerprint density at radius 2 is 1.91 bits per heavy atom. The van der Waals surface area contributed by atoms with Gasteiger partial charge in [-0.15, -0.1) is 0 Å². The molecule has 0 fully saturated rings. The van der Waals surface area contributed by atoms with Crippen LogP contribution in [0.25, 0.3) is 0 Å². The molecule has 176 valence electrons. The lowest BCUT2D eigenvalue weighted by molar-refractivity contribution is -0.192. The number of hydrogen-bond donors (Lipinski definition) is 4. The van der Waals surface area contributed by atoms with E-state index in [1.807, 2.05) is 12.1 Å². The van der Waals surface area contributed by atoms with Gasteiger partial charge in [-0.25, -0.2) is 4.79 Å². The highest BCUT2D eigenvalue weighted by Crippen LogP contribution is 2.19. The van der Waals surface area contributed by atoms with Crippen LogP contribution in [0.1, 0.15) is 37.3 Å². The number of amides is 1. The average Bonchev–Trinajstić information content (AvgIpc) is 3.16. The fourth-order valence-electron chi connectivity index (χ4n) is 2.37. The molecule has 0 bridgehead atoms. The van der Waals surface area contributed by atoms with Gasteiger partial charge in [-0.1, -0.05) is 29.4 Å². The number of ether oxygens (including phenoxy) is 1. The number of oxime groups is 1. The smallest absolute Gasteiger partial charge is 0.475 e. The Morgan fingerprint density at radius 3 is 2.41 bits per heavy atom. The Morgan fingerprint density at radius 1 is 1.31 bits per heavy atom. The third-order valence-corrected chi connectivity index (χ3v) is 3.87. The molecule has 10 nitrogen and oxygen atoms in total. The van der Waals surface area contributed by atoms with E-state index in [4.69, 9.17) is 30.6 Å². The van der Waals surface area contributed by atoms with Crippen LogP contribution < -0.4 is 11.1 Å². The Kier molecular flexibility index (Phi) is 10.1. The number of carboxylic acid groups (broad SMARTS) is 1. The minimum Gasteiger partial charge on any atom is -0.475 e. The number of benzene rings is 1. The molecule has 0 aromatic heterocycles. The van der Waals surface area contributed by atoms with Crippen molar-refractivity contribution in [3.8, 4) is 0 Å². The lowest BCUT2D eigenvalue weighted by Gasteiger charge is -2.09. The van der Waals surface area contributed by atoms with Crippen LogP contribution in [0.2, 0.25) is 0 Å². The van der Waals surface area contributed by atoms with Crippen LogP contribution in [-0.2, 0) is 24.0 Å². The first kappa shape index (κ1) is 26.4. The summed E-state index contributed by atoms with van der Waals surface area (Å²) in [5.74, 6) is -3.28. The van der Waals surface area contributed by atoms with Crippen LogP contribution in [0.15, 0.2) is 29.4 Å². The van der Waals surface area contributed by atoms with Gasteiger partial charge in [0.15, 0.2) is 0 Å². The molecule has 1 heterocycles. The molecular weight excluding hydrogens is 437 g/mol. The Bertz CT molecular complexity index is 856. The zero-order valence-electron chi connectivity index (χ0n) is 17.1. The second-order valence-electron chi connectivity index (χ2n) is 6.37. The molecule has 1 aliphatic heterocycles. The normalized spacial score (nSPS) is 14.9. The summed E-state index contributed by atoms with van der Waals surface area (Å²) in [5, 5.41) is 21.2. The van der Waals surface area contributed by atoms with Gasteiger partial charge in [0, 0.05) is 18.5 Å². The molecule has 0 aliphatic carbocycles. The number of aliphatic carboxylic acids is 1. The molecule has 1 aromatic carbocycles. The number of nitrogens with one attached hydrogen (secondary N) is 2. The van der Waals surface area contributed by atoms with Crippen LogP contribution in [0.3, 0.4) is 0 Å². The van der Waals surface area contributed by atoms with E-state index in [-0.39, 0.29) is 43.2 Å². The van der Waals surface area contributed by atoms with Crippen molar-refractivity contribution in [3.05, 3.63) is 35.4 Å². The molecule has 2 rings (SSSR count). The first-order valence-electron chi connectivity index (χ1n) is 9.34. The first-order chi connectivity index (χ1) is 14.9. The quantitative estimate of drug-likeness (QED) is 0.260. The molecule has 13 heteroatoms. The zero-order valence-corrected chi connectivity index (χ0v) is 17.1. The van der Waals surface area contributed by atoms with E-state index in [0.717, 1.165) is 11.3 Å². The second kappa shape index (κ2) is 12.3. The van der Waals surface area contributed by atoms with E-state index in [1.165, 1.54) is 0 Å². The Balaban J connectivity index is 0.000000633. The van der Waals surface area contributed by atoms with Crippen molar-refractivity contribution in [2.24, 2.45) is 10.9 Å². The summed E-state index contributed by atoms with van der Waals surface area (Å²) in [4.78, 5) is 37.3. The largest absolute Gasteiger partial charge is 0.490 e. The first-order valence-corrected chi connectivity index (χ1v) is 9.34. The molecule has 32 heavy (non-hydrogen) atoms. The number of carbonyl (C=O) groups is 3. The average molecular weight is 460 g/mol. The standard InChI is InChI=1S/C17H22N4O4.C2HF3O2/c1-2-24-16(23)7-8-20-15(22)10-13-9-14(21-25-13)11-3-5-12(6-4-11)17(18)19;3-2(4,5)1(6)7/h3-6,13H,2,7-10H2,1H3,(H3,18,19)(H,20,22);(H,6,7). The summed E-state index contributed by atoms with van der Waals surface area (Å²) in [5.41, 5.74) is 7.68. The maximum absolute atomic E-state index is 11.9. The fourth-order valence-corrected chi connectivity index (χ4v) is 2.37. The van der Waals surface area contributed by atoms with E-state index >= 15 is 0 Å². The number of nitrogen functional groups attached to an aromatic ring is 1. The molecule has 1 aromatic rings. The van der Waals surface area contributed by atoms with Crippen molar-refractivity contribution >= 4 is 29.4 Å². The van der Waals surface area contributed by atoms with Crippen molar-refractivity contribution in [1.82, 2.24) is 5.32 Å². The molecule has 1 unspecified atom stereocenters. The topological polar surface area (TPSA) is 164 Å². The summed E-state index contributed by atoms with van der Waals surface area (Å²) in [6, 6.07) is 7.13. The number of nitrogens with zero attached hydrogens (tertiary/aromatic N) is 1. The van der Waals surface area contributed by atoms with Gasteiger partial charge in [-0.2, -0.15) is 13.2 Å². The molecule has 0 saturated heterocycles. The summed E-state index contributed by atoms with van der Waals surface area (Å²) >= 11 is 0. The van der Waals surface area contributed by atoms with E-state index in [1.54, 1.807) is 19.1 Å². The van der Waals surface area contributed by atoms with Gasteiger partial charge in [-0.3, -0.25) is 15.0 Å². The molecule has 5 N–H and O–H groups in total. The molecule has 0 spiro atoms. The SMILES string of the molecule is CCOC(=O)CCNC(=O)CC1CC(c2ccc(C(=N)N)cc2)=NO1.O=C(O)C(F)(F)F. The minimum atomic E-state index is -5.08. The van der Waals surface area contributed by atoms with Crippen LogP contribution >= 0.6 is 0 Å². The summed E-state index contributed by atoms with van der Waals surface area (Å²) in [6.45, 7) is 2.31. The van der Waals surface area contributed by atoms with Crippen molar-refractivity contribution in [2.45, 2.75) is 38.5 Å². The number of rotatable bonds is 8. The number of carbonyl (C=O) groups excluding carboxylic acids is 2. The highest BCUT2D eigenvalue weighted by molar-refractivity contribution is 6.02. The summed E-state index contributed by atoms with van der Waals surface area (Å²) in [6.07, 6.45) is -4.58. The summed E-state index contributed by atoms with van der Waals surface area (Å²) < 4.78 is 36.5. The van der Waals surface area contributed by atoms with E-state index in [9.17, 15) is 22.8 Å². The monoisotopic (exact) mass is 460 g/mol. The van der Waals surface area contributed by atoms with Gasteiger partial charge >= 0.3 is 18.1 Å². The highest BCUT2D eigenvalue weighted by Gasteiger charge is 2.38. The molecular formula is C19H23F3N4O6. The summed E-state index contributed by atoms with van der Waals surface area (Å²) in [7, 11) is 0. The van der Waals surface area contributed by atoms with Crippen LogP contribution in [0.5, 0.6) is 0 Å². The van der Waals surface area contributed by atoms with Crippen molar-refractivity contribution < 1.29 is 42.2 Å². The Hall–Kier alpha value is -3.64.